The SMILES string of the molecule is CCC(O)(C(=O)O)c1ccc(OCCF)cc1F. The van der Waals surface area contributed by atoms with Gasteiger partial charge in [-0.05, 0) is 18.6 Å². The third-order valence-corrected chi connectivity index (χ3v) is 2.60. The Labute approximate surface area is 103 Å². The zero-order chi connectivity index (χ0) is 13.8. The predicted molar refractivity (Wildman–Crippen MR) is 59.7 cm³/mol. The van der Waals surface area contributed by atoms with Gasteiger partial charge in [0.05, 0.1) is 0 Å². The van der Waals surface area contributed by atoms with Crippen LogP contribution in [-0.2, 0) is 10.4 Å². The lowest BCUT2D eigenvalue weighted by Crippen LogP contribution is -2.35. The summed E-state index contributed by atoms with van der Waals surface area (Å²) in [4.78, 5) is 11.0. The second-order valence-electron chi connectivity index (χ2n) is 3.70. The Balaban J connectivity index is 3.08. The van der Waals surface area contributed by atoms with Crippen molar-refractivity contribution in [3.05, 3.63) is 29.6 Å². The largest absolute Gasteiger partial charge is 0.491 e. The summed E-state index contributed by atoms with van der Waals surface area (Å²) in [5, 5.41) is 18.8. The van der Waals surface area contributed by atoms with Crippen molar-refractivity contribution in [2.45, 2.75) is 18.9 Å². The number of rotatable bonds is 6. The molecule has 1 unspecified atom stereocenters. The summed E-state index contributed by atoms with van der Waals surface area (Å²) in [7, 11) is 0. The van der Waals surface area contributed by atoms with Gasteiger partial charge in [0.25, 0.3) is 0 Å². The van der Waals surface area contributed by atoms with Crippen molar-refractivity contribution in [2.24, 2.45) is 0 Å². The minimum absolute atomic E-state index is 0.0812. The molecule has 1 atom stereocenters. The second-order valence-corrected chi connectivity index (χ2v) is 3.70. The van der Waals surface area contributed by atoms with Crippen LogP contribution >= 0.6 is 0 Å². The lowest BCUT2D eigenvalue weighted by Gasteiger charge is -2.22. The van der Waals surface area contributed by atoms with Crippen molar-refractivity contribution < 1.29 is 28.5 Å². The van der Waals surface area contributed by atoms with E-state index in [0.29, 0.717) is 0 Å². The van der Waals surface area contributed by atoms with Crippen LogP contribution in [0.25, 0.3) is 0 Å². The maximum absolute atomic E-state index is 13.7. The maximum atomic E-state index is 13.7. The van der Waals surface area contributed by atoms with Crippen LogP contribution < -0.4 is 4.74 Å². The molecule has 0 amide bonds. The van der Waals surface area contributed by atoms with Crippen molar-refractivity contribution in [3.8, 4) is 5.75 Å². The average molecular weight is 260 g/mol. The molecule has 2 N–H and O–H groups in total. The van der Waals surface area contributed by atoms with Crippen LogP contribution in [0.1, 0.15) is 18.9 Å². The van der Waals surface area contributed by atoms with Crippen LogP contribution in [-0.4, -0.2) is 29.5 Å². The van der Waals surface area contributed by atoms with E-state index in [1.54, 1.807) is 0 Å². The zero-order valence-corrected chi connectivity index (χ0v) is 9.82. The summed E-state index contributed by atoms with van der Waals surface area (Å²) < 4.78 is 30.4. The van der Waals surface area contributed by atoms with Crippen molar-refractivity contribution in [1.82, 2.24) is 0 Å². The van der Waals surface area contributed by atoms with Gasteiger partial charge in [-0.1, -0.05) is 6.92 Å². The monoisotopic (exact) mass is 260 g/mol. The maximum Gasteiger partial charge on any atom is 0.340 e. The van der Waals surface area contributed by atoms with Gasteiger partial charge in [-0.25, -0.2) is 13.6 Å². The van der Waals surface area contributed by atoms with Crippen LogP contribution in [0.5, 0.6) is 5.75 Å². The van der Waals surface area contributed by atoms with Gasteiger partial charge in [0, 0.05) is 11.6 Å². The van der Waals surface area contributed by atoms with Crippen LogP contribution in [0.15, 0.2) is 18.2 Å². The minimum Gasteiger partial charge on any atom is -0.491 e. The van der Waals surface area contributed by atoms with E-state index in [4.69, 9.17) is 9.84 Å². The van der Waals surface area contributed by atoms with E-state index >= 15 is 0 Å². The second kappa shape index (κ2) is 5.77. The Kier molecular flexibility index (Phi) is 4.61. The third kappa shape index (κ3) is 2.76. The summed E-state index contributed by atoms with van der Waals surface area (Å²) in [5.74, 6) is -2.35. The van der Waals surface area contributed by atoms with Crippen molar-refractivity contribution in [2.75, 3.05) is 13.3 Å². The molecule has 0 spiro atoms. The zero-order valence-electron chi connectivity index (χ0n) is 9.82. The molecule has 1 aromatic rings. The highest BCUT2D eigenvalue weighted by molar-refractivity contribution is 5.79. The van der Waals surface area contributed by atoms with Crippen LogP contribution in [0, 0.1) is 5.82 Å². The fourth-order valence-corrected chi connectivity index (χ4v) is 1.53. The molecule has 0 heterocycles. The number of aliphatic hydroxyl groups is 1. The van der Waals surface area contributed by atoms with Crippen molar-refractivity contribution in [1.29, 1.82) is 0 Å². The quantitative estimate of drug-likeness (QED) is 0.819. The molecule has 1 aromatic carbocycles. The van der Waals surface area contributed by atoms with Crippen LogP contribution in [0.4, 0.5) is 8.78 Å². The number of carbonyl (C=O) groups is 1. The Morgan fingerprint density at radius 3 is 2.61 bits per heavy atom. The fraction of sp³-hybridized carbons (Fsp3) is 0.417. The first-order valence-corrected chi connectivity index (χ1v) is 5.40. The highest BCUT2D eigenvalue weighted by Gasteiger charge is 2.38. The number of hydrogen-bond donors (Lipinski definition) is 2. The molecule has 0 saturated heterocycles. The van der Waals surface area contributed by atoms with E-state index < -0.39 is 24.1 Å². The molecule has 0 fully saturated rings. The lowest BCUT2D eigenvalue weighted by molar-refractivity contribution is -0.160. The summed E-state index contributed by atoms with van der Waals surface area (Å²) in [6.07, 6.45) is -0.177. The summed E-state index contributed by atoms with van der Waals surface area (Å²) >= 11 is 0. The van der Waals surface area contributed by atoms with Crippen LogP contribution in [0.3, 0.4) is 0 Å². The number of carboxylic acid groups (broad SMARTS) is 1. The number of ether oxygens (including phenoxy) is 1. The molecule has 0 saturated carbocycles. The number of alkyl halides is 1. The Bertz CT molecular complexity index is 436. The van der Waals surface area contributed by atoms with Crippen LogP contribution in [0.2, 0.25) is 0 Å². The third-order valence-electron chi connectivity index (χ3n) is 2.60. The molecular formula is C12H14F2O4. The van der Waals surface area contributed by atoms with Gasteiger partial charge in [0.1, 0.15) is 24.8 Å². The van der Waals surface area contributed by atoms with E-state index in [2.05, 4.69) is 0 Å². The molecule has 4 nitrogen and oxygen atoms in total. The Morgan fingerprint density at radius 2 is 2.17 bits per heavy atom. The highest BCUT2D eigenvalue weighted by Crippen LogP contribution is 2.29. The van der Waals surface area contributed by atoms with E-state index in [1.165, 1.54) is 13.0 Å². The van der Waals surface area contributed by atoms with Gasteiger partial charge in [0.15, 0.2) is 5.60 Å². The normalized spacial score (nSPS) is 14.0. The molecular weight excluding hydrogens is 246 g/mol. The molecule has 0 aliphatic carbocycles. The van der Waals surface area contributed by atoms with Gasteiger partial charge >= 0.3 is 5.97 Å². The first-order chi connectivity index (χ1) is 8.45. The van der Waals surface area contributed by atoms with Gasteiger partial charge < -0.3 is 14.9 Å². The number of halogens is 2. The van der Waals surface area contributed by atoms with E-state index in [-0.39, 0.29) is 24.3 Å². The molecule has 100 valence electrons. The number of aliphatic carboxylic acids is 1. The fourth-order valence-electron chi connectivity index (χ4n) is 1.53. The van der Waals surface area contributed by atoms with Crippen molar-refractivity contribution >= 4 is 5.97 Å². The van der Waals surface area contributed by atoms with Gasteiger partial charge in [-0.2, -0.15) is 0 Å². The van der Waals surface area contributed by atoms with E-state index in [9.17, 15) is 18.7 Å². The Morgan fingerprint density at radius 1 is 1.50 bits per heavy atom. The first-order valence-electron chi connectivity index (χ1n) is 5.40. The van der Waals surface area contributed by atoms with Gasteiger partial charge in [-0.15, -0.1) is 0 Å². The van der Waals surface area contributed by atoms with Gasteiger partial charge in [0.2, 0.25) is 0 Å². The molecule has 0 bridgehead atoms. The molecule has 0 radical (unpaired) electrons. The topological polar surface area (TPSA) is 66.8 Å². The average Bonchev–Trinajstić information content (AvgIpc) is 2.35. The predicted octanol–water partition coefficient (Wildman–Crippen LogP) is 1.86. The minimum atomic E-state index is -2.28. The molecule has 18 heavy (non-hydrogen) atoms. The molecule has 6 heteroatoms. The van der Waals surface area contributed by atoms with Crippen molar-refractivity contribution in [3.63, 3.8) is 0 Å². The van der Waals surface area contributed by atoms with E-state index in [0.717, 1.165) is 12.1 Å². The van der Waals surface area contributed by atoms with Gasteiger partial charge in [-0.3, -0.25) is 0 Å². The number of hydrogen-bond acceptors (Lipinski definition) is 3. The standard InChI is InChI=1S/C12H14F2O4/c1-2-12(17,11(15)16)9-4-3-8(7-10(9)14)18-6-5-13/h3-4,7,17H,2,5-6H2,1H3,(H,15,16). The smallest absolute Gasteiger partial charge is 0.340 e. The molecule has 0 aliphatic heterocycles. The molecule has 1 rings (SSSR count). The highest BCUT2D eigenvalue weighted by atomic mass is 19.1. The summed E-state index contributed by atoms with van der Waals surface area (Å²) in [6.45, 7) is 0.508. The van der Waals surface area contributed by atoms with E-state index in [1.807, 2.05) is 0 Å². The number of carboxylic acids is 1. The summed E-state index contributed by atoms with van der Waals surface area (Å²) in [6, 6.07) is 3.34. The first kappa shape index (κ1) is 14.4. The lowest BCUT2D eigenvalue weighted by atomic mass is 9.91. The molecule has 0 aliphatic rings. The number of benzene rings is 1. The molecule has 0 aromatic heterocycles. The summed E-state index contributed by atoms with van der Waals surface area (Å²) in [5.41, 5.74) is -2.62. The Hall–Kier alpha value is -1.69.